The third-order valence-corrected chi connectivity index (χ3v) is 3.71. The number of aryl methyl sites for hydroxylation is 1. The number of aromatic amines is 1. The lowest BCUT2D eigenvalue weighted by molar-refractivity contribution is 0.415. The lowest BCUT2D eigenvalue weighted by Crippen LogP contribution is -2.23. The number of benzene rings is 1. The minimum absolute atomic E-state index is 0.0901. The van der Waals surface area contributed by atoms with Gasteiger partial charge in [-0.3, -0.25) is 9.89 Å². The molecule has 0 amide bonds. The zero-order chi connectivity index (χ0) is 15.7. The molecule has 0 unspecified atom stereocenters. The molecule has 0 aliphatic heterocycles. The van der Waals surface area contributed by atoms with Crippen molar-refractivity contribution in [2.24, 2.45) is 5.73 Å². The van der Waals surface area contributed by atoms with E-state index < -0.39 is 0 Å². The van der Waals surface area contributed by atoms with Gasteiger partial charge < -0.3 is 10.5 Å². The van der Waals surface area contributed by atoms with E-state index >= 15 is 0 Å². The Labute approximate surface area is 127 Å². The SMILES string of the molecule is COc1ccc(-c2cc3nc(C)c(CCN)c(=O)n3[nH]2)cc1. The van der Waals surface area contributed by atoms with Crippen LogP contribution in [0.15, 0.2) is 35.1 Å². The quantitative estimate of drug-likeness (QED) is 0.764. The molecule has 2 heterocycles. The number of fused-ring (bicyclic) bond motifs is 1. The van der Waals surface area contributed by atoms with Crippen LogP contribution in [-0.2, 0) is 6.42 Å². The first kappa shape index (κ1) is 14.3. The van der Waals surface area contributed by atoms with Gasteiger partial charge in [-0.1, -0.05) is 0 Å². The Hall–Kier alpha value is -2.60. The van der Waals surface area contributed by atoms with Crippen molar-refractivity contribution in [2.45, 2.75) is 13.3 Å². The maximum absolute atomic E-state index is 12.5. The molecule has 0 aliphatic carbocycles. The number of H-pyrrole nitrogens is 1. The Kier molecular flexibility index (Phi) is 3.68. The van der Waals surface area contributed by atoms with Gasteiger partial charge in [-0.2, -0.15) is 0 Å². The third-order valence-electron chi connectivity index (χ3n) is 3.71. The Morgan fingerprint density at radius 2 is 2.05 bits per heavy atom. The molecule has 3 rings (SSSR count). The van der Waals surface area contributed by atoms with Crippen LogP contribution in [0.1, 0.15) is 11.3 Å². The van der Waals surface area contributed by atoms with Gasteiger partial charge in [0.25, 0.3) is 5.56 Å². The van der Waals surface area contributed by atoms with Crippen molar-refractivity contribution in [3.8, 4) is 17.0 Å². The Morgan fingerprint density at radius 1 is 1.32 bits per heavy atom. The summed E-state index contributed by atoms with van der Waals surface area (Å²) >= 11 is 0. The summed E-state index contributed by atoms with van der Waals surface area (Å²) in [5.41, 5.74) is 9.26. The van der Waals surface area contributed by atoms with Crippen LogP contribution in [0.25, 0.3) is 16.9 Å². The van der Waals surface area contributed by atoms with E-state index in [9.17, 15) is 4.79 Å². The fraction of sp³-hybridized carbons (Fsp3) is 0.250. The highest BCUT2D eigenvalue weighted by atomic mass is 16.5. The van der Waals surface area contributed by atoms with Gasteiger partial charge in [0.15, 0.2) is 5.65 Å². The molecule has 0 saturated heterocycles. The van der Waals surface area contributed by atoms with Crippen molar-refractivity contribution in [1.29, 1.82) is 0 Å². The van der Waals surface area contributed by atoms with Gasteiger partial charge in [-0.25, -0.2) is 9.50 Å². The molecule has 6 heteroatoms. The van der Waals surface area contributed by atoms with Gasteiger partial charge in [0, 0.05) is 17.3 Å². The highest BCUT2D eigenvalue weighted by Gasteiger charge is 2.12. The molecule has 3 aromatic rings. The molecule has 3 N–H and O–H groups in total. The number of nitrogens with zero attached hydrogens (tertiary/aromatic N) is 2. The molecule has 0 aliphatic rings. The molecule has 0 atom stereocenters. The van der Waals surface area contributed by atoms with Crippen LogP contribution >= 0.6 is 0 Å². The van der Waals surface area contributed by atoms with Crippen LogP contribution in [0, 0.1) is 6.92 Å². The maximum Gasteiger partial charge on any atom is 0.276 e. The third kappa shape index (κ3) is 2.37. The summed E-state index contributed by atoms with van der Waals surface area (Å²) in [5.74, 6) is 0.788. The summed E-state index contributed by atoms with van der Waals surface area (Å²) in [6, 6.07) is 9.48. The van der Waals surface area contributed by atoms with Crippen molar-refractivity contribution < 1.29 is 4.74 Å². The molecule has 0 radical (unpaired) electrons. The van der Waals surface area contributed by atoms with Crippen LogP contribution in [0.3, 0.4) is 0 Å². The first-order valence-electron chi connectivity index (χ1n) is 7.10. The van der Waals surface area contributed by atoms with Gasteiger partial charge in [0.2, 0.25) is 0 Å². The molecular formula is C16H18N4O2. The lowest BCUT2D eigenvalue weighted by atomic mass is 10.1. The van der Waals surface area contributed by atoms with E-state index in [4.69, 9.17) is 10.5 Å². The standard InChI is InChI=1S/C16H18N4O2/c1-10-13(7-8-17)16(21)20-15(18-10)9-14(19-20)11-3-5-12(22-2)6-4-11/h3-6,9,19H,7-8,17H2,1-2H3. The van der Waals surface area contributed by atoms with E-state index in [1.165, 1.54) is 4.52 Å². The van der Waals surface area contributed by atoms with Gasteiger partial charge in [0.1, 0.15) is 5.75 Å². The van der Waals surface area contributed by atoms with E-state index in [1.54, 1.807) is 7.11 Å². The average molecular weight is 298 g/mol. The molecule has 0 spiro atoms. The number of hydrogen-bond donors (Lipinski definition) is 2. The number of nitrogens with one attached hydrogen (secondary N) is 1. The van der Waals surface area contributed by atoms with E-state index in [2.05, 4.69) is 10.1 Å². The molecule has 22 heavy (non-hydrogen) atoms. The minimum atomic E-state index is -0.0901. The second-order valence-electron chi connectivity index (χ2n) is 5.11. The van der Waals surface area contributed by atoms with Crippen LogP contribution < -0.4 is 16.0 Å². The highest BCUT2D eigenvalue weighted by Crippen LogP contribution is 2.21. The molecule has 2 aromatic heterocycles. The number of hydrogen-bond acceptors (Lipinski definition) is 4. The Balaban J connectivity index is 2.13. The Morgan fingerprint density at radius 3 is 2.68 bits per heavy atom. The predicted molar refractivity (Wildman–Crippen MR) is 85.3 cm³/mol. The first-order valence-corrected chi connectivity index (χ1v) is 7.10. The molecule has 6 nitrogen and oxygen atoms in total. The van der Waals surface area contributed by atoms with Gasteiger partial charge in [-0.05, 0) is 49.7 Å². The number of rotatable bonds is 4. The van der Waals surface area contributed by atoms with E-state index in [-0.39, 0.29) is 5.56 Å². The van der Waals surface area contributed by atoms with Crippen molar-refractivity contribution in [3.05, 3.63) is 51.9 Å². The predicted octanol–water partition coefficient (Wildman–Crippen LogP) is 1.51. The van der Waals surface area contributed by atoms with Crippen LogP contribution in [0.4, 0.5) is 0 Å². The lowest BCUT2D eigenvalue weighted by Gasteiger charge is -2.03. The summed E-state index contributed by atoms with van der Waals surface area (Å²) in [7, 11) is 1.63. The van der Waals surface area contributed by atoms with Crippen LogP contribution in [0.5, 0.6) is 5.75 Å². The smallest absolute Gasteiger partial charge is 0.276 e. The number of ether oxygens (including phenoxy) is 1. The van der Waals surface area contributed by atoms with Gasteiger partial charge >= 0.3 is 0 Å². The second kappa shape index (κ2) is 5.65. The van der Waals surface area contributed by atoms with E-state index in [0.29, 0.717) is 24.2 Å². The first-order chi connectivity index (χ1) is 10.6. The fourth-order valence-corrected chi connectivity index (χ4v) is 2.52. The van der Waals surface area contributed by atoms with Crippen molar-refractivity contribution in [3.63, 3.8) is 0 Å². The monoisotopic (exact) mass is 298 g/mol. The molecule has 0 saturated carbocycles. The largest absolute Gasteiger partial charge is 0.497 e. The normalized spacial score (nSPS) is 11.0. The minimum Gasteiger partial charge on any atom is -0.497 e. The van der Waals surface area contributed by atoms with Crippen LogP contribution in [-0.4, -0.2) is 28.3 Å². The zero-order valence-corrected chi connectivity index (χ0v) is 12.6. The van der Waals surface area contributed by atoms with Gasteiger partial charge in [-0.15, -0.1) is 0 Å². The maximum atomic E-state index is 12.5. The summed E-state index contributed by atoms with van der Waals surface area (Å²) in [6.45, 7) is 2.27. The second-order valence-corrected chi connectivity index (χ2v) is 5.11. The fourth-order valence-electron chi connectivity index (χ4n) is 2.52. The molecule has 114 valence electrons. The van der Waals surface area contributed by atoms with Crippen molar-refractivity contribution >= 4 is 5.65 Å². The summed E-state index contributed by atoms with van der Waals surface area (Å²) < 4.78 is 6.62. The molecule has 1 aromatic carbocycles. The molecule has 0 fully saturated rings. The summed E-state index contributed by atoms with van der Waals surface area (Å²) in [4.78, 5) is 17.0. The highest BCUT2D eigenvalue weighted by molar-refractivity contribution is 5.64. The van der Waals surface area contributed by atoms with E-state index in [0.717, 1.165) is 22.7 Å². The number of aromatic nitrogens is 3. The zero-order valence-electron chi connectivity index (χ0n) is 12.6. The van der Waals surface area contributed by atoms with E-state index in [1.807, 2.05) is 37.3 Å². The van der Waals surface area contributed by atoms with Gasteiger partial charge in [0.05, 0.1) is 12.8 Å². The molecular weight excluding hydrogens is 280 g/mol. The Bertz CT molecular complexity index is 862. The molecule has 0 bridgehead atoms. The van der Waals surface area contributed by atoms with Crippen molar-refractivity contribution in [2.75, 3.05) is 13.7 Å². The summed E-state index contributed by atoms with van der Waals surface area (Å²) in [6.07, 6.45) is 0.525. The van der Waals surface area contributed by atoms with Crippen LogP contribution in [0.2, 0.25) is 0 Å². The summed E-state index contributed by atoms with van der Waals surface area (Å²) in [5, 5.41) is 3.10. The number of methoxy groups -OCH3 is 1. The van der Waals surface area contributed by atoms with Crippen molar-refractivity contribution in [1.82, 2.24) is 14.6 Å². The average Bonchev–Trinajstić information content (AvgIpc) is 2.95. The topological polar surface area (TPSA) is 85.4 Å². The number of nitrogens with two attached hydrogens (primary N) is 1.